The van der Waals surface area contributed by atoms with Crippen LogP contribution in [0.15, 0.2) is 60.7 Å². The van der Waals surface area contributed by atoms with Crippen LogP contribution in [0, 0.1) is 10.1 Å². The van der Waals surface area contributed by atoms with E-state index in [1.165, 1.54) is 18.2 Å². The number of carbonyl (C=O) groups is 1. The molecular weight excluding hydrogens is 270 g/mol. The maximum Gasteiger partial charge on any atom is 0.294 e. The minimum absolute atomic E-state index is 0.107. The molecular formula is C15H13N3O3. The van der Waals surface area contributed by atoms with E-state index in [0.717, 1.165) is 5.56 Å². The van der Waals surface area contributed by atoms with Crippen molar-refractivity contribution < 1.29 is 9.72 Å². The Morgan fingerprint density at radius 2 is 1.71 bits per heavy atom. The molecule has 0 aromatic heterocycles. The highest BCUT2D eigenvalue weighted by atomic mass is 16.6. The van der Waals surface area contributed by atoms with E-state index in [9.17, 15) is 14.9 Å². The number of amides is 1. The molecule has 0 radical (unpaired) electrons. The van der Waals surface area contributed by atoms with Crippen molar-refractivity contribution in [3.63, 3.8) is 0 Å². The molecule has 0 heterocycles. The topological polar surface area (TPSA) is 84.3 Å². The molecule has 106 valence electrons. The lowest BCUT2D eigenvalue weighted by molar-refractivity contribution is -0.384. The Balaban J connectivity index is 1.96. The Labute approximate surface area is 121 Å². The number of carbonyl (C=O) groups excluding carboxylic acids is 1. The second-order valence-electron chi connectivity index (χ2n) is 4.13. The Hall–Kier alpha value is -3.15. The summed E-state index contributed by atoms with van der Waals surface area (Å²) in [6.07, 6.45) is 2.99. The summed E-state index contributed by atoms with van der Waals surface area (Å²) < 4.78 is 0. The van der Waals surface area contributed by atoms with Gasteiger partial charge in [0.1, 0.15) is 5.69 Å². The lowest BCUT2D eigenvalue weighted by atomic mass is 10.2. The van der Waals surface area contributed by atoms with Gasteiger partial charge in [-0.1, -0.05) is 42.5 Å². The van der Waals surface area contributed by atoms with Gasteiger partial charge in [0.05, 0.1) is 4.92 Å². The van der Waals surface area contributed by atoms with Crippen LogP contribution in [-0.4, -0.2) is 10.8 Å². The normalized spacial score (nSPS) is 10.3. The molecule has 0 aliphatic carbocycles. The fourth-order valence-corrected chi connectivity index (χ4v) is 1.65. The predicted octanol–water partition coefficient (Wildman–Crippen LogP) is 2.75. The summed E-state index contributed by atoms with van der Waals surface area (Å²) in [7, 11) is 0. The first-order valence-corrected chi connectivity index (χ1v) is 6.19. The minimum atomic E-state index is -0.520. The Kier molecular flexibility index (Phi) is 4.66. The summed E-state index contributed by atoms with van der Waals surface area (Å²) in [6, 6.07) is 15.4. The van der Waals surface area contributed by atoms with Crippen LogP contribution >= 0.6 is 0 Å². The monoisotopic (exact) mass is 283 g/mol. The quantitative estimate of drug-likeness (QED) is 0.502. The summed E-state index contributed by atoms with van der Waals surface area (Å²) in [5.41, 5.74) is 5.93. The number of benzene rings is 2. The van der Waals surface area contributed by atoms with Crippen LogP contribution < -0.4 is 10.9 Å². The summed E-state index contributed by atoms with van der Waals surface area (Å²) in [5, 5.41) is 10.8. The third-order valence-corrected chi connectivity index (χ3v) is 2.65. The molecule has 0 unspecified atom stereocenters. The summed E-state index contributed by atoms with van der Waals surface area (Å²) in [5.74, 6) is -0.406. The highest BCUT2D eigenvalue weighted by molar-refractivity contribution is 5.92. The lowest BCUT2D eigenvalue weighted by Crippen LogP contribution is -2.27. The molecule has 6 heteroatoms. The maximum atomic E-state index is 11.6. The van der Waals surface area contributed by atoms with Crippen LogP contribution in [0.3, 0.4) is 0 Å². The van der Waals surface area contributed by atoms with E-state index in [4.69, 9.17) is 0 Å². The smallest absolute Gasteiger partial charge is 0.292 e. The zero-order valence-electron chi connectivity index (χ0n) is 11.0. The van der Waals surface area contributed by atoms with Gasteiger partial charge < -0.3 is 0 Å². The van der Waals surface area contributed by atoms with Crippen molar-refractivity contribution in [1.29, 1.82) is 0 Å². The number of nitro groups is 1. The molecule has 0 saturated carbocycles. The molecule has 2 N–H and O–H groups in total. The lowest BCUT2D eigenvalue weighted by Gasteiger charge is -2.06. The van der Waals surface area contributed by atoms with Crippen LogP contribution in [0.4, 0.5) is 11.4 Å². The molecule has 0 atom stereocenters. The standard InChI is InChI=1S/C15H13N3O3/c19-15(11-10-12-6-2-1-3-7-12)17-16-13-8-4-5-9-14(13)18(20)21/h1-11,16H,(H,17,19)/b11-10-. The van der Waals surface area contributed by atoms with Crippen molar-refractivity contribution in [2.45, 2.75) is 0 Å². The largest absolute Gasteiger partial charge is 0.294 e. The first-order chi connectivity index (χ1) is 10.2. The van der Waals surface area contributed by atoms with Crippen molar-refractivity contribution in [3.8, 4) is 0 Å². The van der Waals surface area contributed by atoms with Crippen LogP contribution in [0.1, 0.15) is 5.56 Å². The molecule has 2 rings (SSSR count). The van der Waals surface area contributed by atoms with Crippen LogP contribution in [0.25, 0.3) is 6.08 Å². The third-order valence-electron chi connectivity index (χ3n) is 2.65. The van der Waals surface area contributed by atoms with Gasteiger partial charge in [0.15, 0.2) is 0 Å². The average Bonchev–Trinajstić information content (AvgIpc) is 2.52. The van der Waals surface area contributed by atoms with E-state index < -0.39 is 10.8 Å². The van der Waals surface area contributed by atoms with Crippen molar-refractivity contribution in [1.82, 2.24) is 5.43 Å². The highest BCUT2D eigenvalue weighted by Gasteiger charge is 2.11. The molecule has 0 bridgehead atoms. The Bertz CT molecular complexity index is 669. The van der Waals surface area contributed by atoms with Crippen molar-refractivity contribution in [2.24, 2.45) is 0 Å². The maximum absolute atomic E-state index is 11.6. The van der Waals surface area contributed by atoms with Gasteiger partial charge in [-0.3, -0.25) is 25.8 Å². The molecule has 0 aliphatic rings. The number of nitro benzene ring substituents is 1. The number of hydrogen-bond donors (Lipinski definition) is 2. The second-order valence-corrected chi connectivity index (χ2v) is 4.13. The fraction of sp³-hybridized carbons (Fsp3) is 0. The third kappa shape index (κ3) is 4.17. The number of nitrogens with one attached hydrogen (secondary N) is 2. The molecule has 2 aromatic carbocycles. The van der Waals surface area contributed by atoms with E-state index in [2.05, 4.69) is 10.9 Å². The number of hydrogen-bond acceptors (Lipinski definition) is 4. The zero-order chi connectivity index (χ0) is 15.1. The molecule has 0 aliphatic heterocycles. The molecule has 0 saturated heterocycles. The van der Waals surface area contributed by atoms with E-state index in [1.807, 2.05) is 30.3 Å². The average molecular weight is 283 g/mol. The van der Waals surface area contributed by atoms with Crippen molar-refractivity contribution >= 4 is 23.4 Å². The van der Waals surface area contributed by atoms with Gasteiger partial charge in [0.2, 0.25) is 0 Å². The summed E-state index contributed by atoms with van der Waals surface area (Å²) in [4.78, 5) is 21.9. The Morgan fingerprint density at radius 3 is 2.43 bits per heavy atom. The molecule has 6 nitrogen and oxygen atoms in total. The zero-order valence-corrected chi connectivity index (χ0v) is 11.0. The fourth-order valence-electron chi connectivity index (χ4n) is 1.65. The van der Waals surface area contributed by atoms with Crippen LogP contribution in [-0.2, 0) is 4.79 Å². The summed E-state index contributed by atoms with van der Waals surface area (Å²) >= 11 is 0. The van der Waals surface area contributed by atoms with Crippen LogP contribution in [0.5, 0.6) is 0 Å². The molecule has 0 fully saturated rings. The van der Waals surface area contributed by atoms with Gasteiger partial charge >= 0.3 is 0 Å². The number of rotatable bonds is 5. The van der Waals surface area contributed by atoms with E-state index >= 15 is 0 Å². The molecule has 2 aromatic rings. The molecule has 21 heavy (non-hydrogen) atoms. The molecule has 0 spiro atoms. The minimum Gasteiger partial charge on any atom is -0.292 e. The van der Waals surface area contributed by atoms with E-state index in [-0.39, 0.29) is 11.4 Å². The van der Waals surface area contributed by atoms with E-state index in [0.29, 0.717) is 0 Å². The SMILES string of the molecule is O=C(/C=C\c1ccccc1)NNc1ccccc1[N+](=O)[O-]. The van der Waals surface area contributed by atoms with E-state index in [1.54, 1.807) is 18.2 Å². The predicted molar refractivity (Wildman–Crippen MR) is 80.3 cm³/mol. The van der Waals surface area contributed by atoms with Gasteiger partial charge in [-0.25, -0.2) is 0 Å². The number of para-hydroxylation sites is 2. The number of hydrazine groups is 1. The Morgan fingerprint density at radius 1 is 1.05 bits per heavy atom. The number of anilines is 1. The van der Waals surface area contributed by atoms with Gasteiger partial charge in [-0.2, -0.15) is 0 Å². The summed E-state index contributed by atoms with van der Waals surface area (Å²) in [6.45, 7) is 0. The van der Waals surface area contributed by atoms with Crippen molar-refractivity contribution in [2.75, 3.05) is 5.43 Å². The first-order valence-electron chi connectivity index (χ1n) is 6.19. The highest BCUT2D eigenvalue weighted by Crippen LogP contribution is 2.21. The van der Waals surface area contributed by atoms with Crippen molar-refractivity contribution in [3.05, 3.63) is 76.4 Å². The number of nitrogens with zero attached hydrogens (tertiary/aromatic N) is 1. The molecule has 1 amide bonds. The van der Waals surface area contributed by atoms with Gasteiger partial charge in [-0.05, 0) is 17.7 Å². The van der Waals surface area contributed by atoms with Gasteiger partial charge in [-0.15, -0.1) is 0 Å². The van der Waals surface area contributed by atoms with Gasteiger partial charge in [0, 0.05) is 12.1 Å². The second kappa shape index (κ2) is 6.85. The van der Waals surface area contributed by atoms with Crippen LogP contribution in [0.2, 0.25) is 0 Å². The van der Waals surface area contributed by atoms with Gasteiger partial charge in [0.25, 0.3) is 11.6 Å². The first kappa shape index (κ1) is 14.3.